The summed E-state index contributed by atoms with van der Waals surface area (Å²) in [5.41, 5.74) is 4.25. The molecule has 1 fully saturated rings. The highest BCUT2D eigenvalue weighted by atomic mass is 32.2. The summed E-state index contributed by atoms with van der Waals surface area (Å²) in [5.74, 6) is -0.769. The van der Waals surface area contributed by atoms with Gasteiger partial charge < -0.3 is 14.8 Å². The Balaban J connectivity index is 1.29. The van der Waals surface area contributed by atoms with Crippen molar-refractivity contribution in [2.24, 2.45) is 0 Å². The van der Waals surface area contributed by atoms with Crippen molar-refractivity contribution in [3.8, 4) is 5.75 Å². The maximum absolute atomic E-state index is 14.2. The normalized spacial score (nSPS) is 17.2. The van der Waals surface area contributed by atoms with Crippen molar-refractivity contribution in [1.82, 2.24) is 10.2 Å². The highest BCUT2D eigenvalue weighted by Crippen LogP contribution is 2.42. The van der Waals surface area contributed by atoms with Gasteiger partial charge in [0.25, 0.3) is 5.91 Å². The third-order valence-electron chi connectivity index (χ3n) is 7.80. The summed E-state index contributed by atoms with van der Waals surface area (Å²) in [6.07, 6.45) is -0.171. The minimum Gasteiger partial charge on any atom is -0.448 e. The van der Waals surface area contributed by atoms with Gasteiger partial charge in [0.15, 0.2) is 6.10 Å². The van der Waals surface area contributed by atoms with Gasteiger partial charge in [-0.3, -0.25) is 19.3 Å². The van der Waals surface area contributed by atoms with E-state index in [-0.39, 0.29) is 23.9 Å². The van der Waals surface area contributed by atoms with E-state index in [0.717, 1.165) is 27.8 Å². The summed E-state index contributed by atoms with van der Waals surface area (Å²) in [4.78, 5) is 53.6. The fraction of sp³-hybridized carbons (Fsp3) is 0.189. The molecule has 0 bridgehead atoms. The summed E-state index contributed by atoms with van der Waals surface area (Å²) >= 11 is 1.50. The second-order valence-corrected chi connectivity index (χ2v) is 12.2. The molecule has 0 aromatic heterocycles. The van der Waals surface area contributed by atoms with E-state index in [1.807, 2.05) is 103 Å². The molecule has 0 radical (unpaired) electrons. The molecular weight excluding hydrogens is 600 g/mol. The molecule has 4 aromatic carbocycles. The number of hydrogen-bond donors (Lipinski definition) is 1. The number of carbonyl (C=O) groups is 4. The highest BCUT2D eigenvalue weighted by molar-refractivity contribution is 8.00. The van der Waals surface area contributed by atoms with Crippen LogP contribution in [0.1, 0.15) is 35.3 Å². The van der Waals surface area contributed by atoms with Crippen molar-refractivity contribution in [1.29, 1.82) is 0 Å². The number of hydrogen-bond acceptors (Lipinski definition) is 7. The molecule has 0 saturated carbocycles. The Morgan fingerprint density at radius 1 is 0.826 bits per heavy atom. The van der Waals surface area contributed by atoms with Crippen molar-refractivity contribution in [2.75, 3.05) is 5.75 Å². The predicted molar refractivity (Wildman–Crippen MR) is 174 cm³/mol. The fourth-order valence-corrected chi connectivity index (χ4v) is 6.99. The maximum atomic E-state index is 14.2. The van der Waals surface area contributed by atoms with E-state index >= 15 is 0 Å². The first-order valence-electron chi connectivity index (χ1n) is 15.0. The summed E-state index contributed by atoms with van der Waals surface area (Å²) in [6, 6.07) is 34.6. The molecule has 8 nitrogen and oxygen atoms in total. The number of β-lactam (4-membered cyclic amide) rings is 1. The number of amides is 2. The number of benzene rings is 4. The minimum absolute atomic E-state index is 0.150. The smallest absolute Gasteiger partial charge is 0.356 e. The Hall–Kier alpha value is -5.15. The van der Waals surface area contributed by atoms with Gasteiger partial charge in [-0.15, -0.1) is 11.8 Å². The quantitative estimate of drug-likeness (QED) is 0.142. The zero-order chi connectivity index (χ0) is 32.0. The molecule has 2 aliphatic heterocycles. The maximum Gasteiger partial charge on any atom is 0.356 e. The third-order valence-corrected chi connectivity index (χ3v) is 9.14. The lowest BCUT2D eigenvalue weighted by molar-refractivity contribution is -0.154. The van der Waals surface area contributed by atoms with Crippen LogP contribution >= 0.6 is 11.8 Å². The van der Waals surface area contributed by atoms with Gasteiger partial charge in [-0.05, 0) is 46.4 Å². The van der Waals surface area contributed by atoms with Gasteiger partial charge in [-0.2, -0.15) is 0 Å². The molecule has 6 rings (SSSR count). The van der Waals surface area contributed by atoms with Crippen LogP contribution in [0.4, 0.5) is 0 Å². The Bertz CT molecular complexity index is 1720. The van der Waals surface area contributed by atoms with Crippen LogP contribution in [0.2, 0.25) is 0 Å². The number of esters is 2. The van der Waals surface area contributed by atoms with Crippen LogP contribution in [0, 0.1) is 0 Å². The monoisotopic (exact) mass is 632 g/mol. The molecule has 2 heterocycles. The molecule has 0 spiro atoms. The van der Waals surface area contributed by atoms with E-state index in [4.69, 9.17) is 9.47 Å². The SMILES string of the molecule is CC(=O)Oc1ccc(CC2=C(C(=O)OC(c3ccccc3)c3ccccc3)N3C(=O)[C@@H](NC(=O)Cc4ccccc4)[C@@H]3SC2)cc1. The van der Waals surface area contributed by atoms with Gasteiger partial charge >= 0.3 is 11.9 Å². The van der Waals surface area contributed by atoms with Gasteiger partial charge in [0.05, 0.1) is 6.42 Å². The number of fused-ring (bicyclic) bond motifs is 1. The molecule has 9 heteroatoms. The van der Waals surface area contributed by atoms with E-state index < -0.39 is 29.5 Å². The van der Waals surface area contributed by atoms with E-state index in [0.29, 0.717) is 17.9 Å². The van der Waals surface area contributed by atoms with Crippen LogP contribution in [0.5, 0.6) is 5.75 Å². The first-order chi connectivity index (χ1) is 22.4. The van der Waals surface area contributed by atoms with E-state index in [1.54, 1.807) is 12.1 Å². The Kier molecular flexibility index (Phi) is 9.30. The van der Waals surface area contributed by atoms with Gasteiger partial charge in [0, 0.05) is 12.7 Å². The lowest BCUT2D eigenvalue weighted by atomic mass is 9.98. The van der Waals surface area contributed by atoms with Crippen LogP contribution in [-0.2, 0) is 36.8 Å². The van der Waals surface area contributed by atoms with Gasteiger partial charge in [-0.1, -0.05) is 103 Å². The number of carbonyl (C=O) groups excluding carboxylic acids is 4. The molecule has 2 atom stereocenters. The van der Waals surface area contributed by atoms with Crippen molar-refractivity contribution in [3.63, 3.8) is 0 Å². The molecule has 232 valence electrons. The first-order valence-corrected chi connectivity index (χ1v) is 16.0. The number of nitrogens with one attached hydrogen (secondary N) is 1. The molecule has 2 aliphatic rings. The van der Waals surface area contributed by atoms with E-state index in [2.05, 4.69) is 5.32 Å². The van der Waals surface area contributed by atoms with Crippen LogP contribution in [0.3, 0.4) is 0 Å². The van der Waals surface area contributed by atoms with Crippen LogP contribution < -0.4 is 10.1 Å². The van der Waals surface area contributed by atoms with E-state index in [9.17, 15) is 19.2 Å². The van der Waals surface area contributed by atoms with Crippen molar-refractivity contribution >= 4 is 35.5 Å². The first kappa shape index (κ1) is 30.9. The minimum atomic E-state index is -0.757. The van der Waals surface area contributed by atoms with Crippen LogP contribution in [0.25, 0.3) is 0 Å². The molecule has 1 N–H and O–H groups in total. The molecule has 1 saturated heterocycles. The number of rotatable bonds is 10. The Morgan fingerprint density at radius 3 is 2.00 bits per heavy atom. The van der Waals surface area contributed by atoms with E-state index in [1.165, 1.54) is 23.6 Å². The largest absolute Gasteiger partial charge is 0.448 e. The molecule has 4 aromatic rings. The second-order valence-electron chi connectivity index (χ2n) is 11.1. The number of ether oxygens (including phenoxy) is 2. The topological polar surface area (TPSA) is 102 Å². The fourth-order valence-electron chi connectivity index (χ4n) is 5.65. The van der Waals surface area contributed by atoms with Gasteiger partial charge in [-0.25, -0.2) is 4.79 Å². The lowest BCUT2D eigenvalue weighted by Gasteiger charge is -2.50. The number of thioether (sulfide) groups is 1. The lowest BCUT2D eigenvalue weighted by Crippen LogP contribution is -2.70. The van der Waals surface area contributed by atoms with Crippen molar-refractivity contribution in [2.45, 2.75) is 37.3 Å². The molecule has 0 aliphatic carbocycles. The van der Waals surface area contributed by atoms with Gasteiger partial charge in [0.2, 0.25) is 5.91 Å². The highest BCUT2D eigenvalue weighted by Gasteiger charge is 2.54. The summed E-state index contributed by atoms with van der Waals surface area (Å²) in [7, 11) is 0. The predicted octanol–water partition coefficient (Wildman–Crippen LogP) is 5.38. The van der Waals surface area contributed by atoms with Crippen molar-refractivity contribution < 1.29 is 28.7 Å². The third kappa shape index (κ3) is 6.89. The average Bonchev–Trinajstić information content (AvgIpc) is 3.07. The average molecular weight is 633 g/mol. The van der Waals surface area contributed by atoms with Crippen LogP contribution in [-0.4, -0.2) is 45.8 Å². The molecule has 46 heavy (non-hydrogen) atoms. The van der Waals surface area contributed by atoms with Crippen LogP contribution in [0.15, 0.2) is 127 Å². The molecule has 2 amide bonds. The summed E-state index contributed by atoms with van der Waals surface area (Å²) < 4.78 is 11.4. The summed E-state index contributed by atoms with van der Waals surface area (Å²) in [6.45, 7) is 1.34. The standard InChI is InChI=1S/C37H32N2O6S/c1-24(40)44-30-19-17-26(18-20-30)21-29-23-46-36-32(38-31(41)22-25-11-5-2-6-12-25)35(42)39(36)33(29)37(43)45-34(27-13-7-3-8-14-27)28-15-9-4-10-16-28/h2-20,32,34,36H,21-23H2,1H3,(H,38,41)/t32-,36+/m1/s1. The Labute approximate surface area is 271 Å². The Morgan fingerprint density at radius 2 is 1.41 bits per heavy atom. The molecular formula is C37H32N2O6S. The molecule has 0 unspecified atom stereocenters. The zero-order valence-corrected chi connectivity index (χ0v) is 25.9. The van der Waals surface area contributed by atoms with Gasteiger partial charge in [0.1, 0.15) is 22.9 Å². The van der Waals surface area contributed by atoms with Crippen molar-refractivity contribution in [3.05, 3.63) is 149 Å². The summed E-state index contributed by atoms with van der Waals surface area (Å²) in [5, 5.41) is 2.44. The zero-order valence-electron chi connectivity index (χ0n) is 25.1. The number of nitrogens with zero attached hydrogens (tertiary/aromatic N) is 1. The second kappa shape index (κ2) is 13.9.